The number of anilines is 1. The minimum Gasteiger partial charge on any atom is -0.342 e. The van der Waals surface area contributed by atoms with E-state index in [1.54, 1.807) is 6.20 Å². The van der Waals surface area contributed by atoms with Gasteiger partial charge in [-0.25, -0.2) is 4.98 Å². The predicted octanol–water partition coefficient (Wildman–Crippen LogP) is 1.75. The summed E-state index contributed by atoms with van der Waals surface area (Å²) in [6, 6.07) is 0. The van der Waals surface area contributed by atoms with Crippen LogP contribution in [0.4, 0.5) is 5.95 Å². The molecule has 1 aromatic heterocycles. The first-order chi connectivity index (χ1) is 5.90. The highest BCUT2D eigenvalue weighted by Gasteiger charge is 2.14. The number of imidazole rings is 1. The first-order valence-electron chi connectivity index (χ1n) is 4.25. The van der Waals surface area contributed by atoms with Crippen molar-refractivity contribution >= 4 is 17.5 Å². The van der Waals surface area contributed by atoms with Gasteiger partial charge in [0.15, 0.2) is 0 Å². The molecule has 1 fully saturated rings. The van der Waals surface area contributed by atoms with E-state index in [9.17, 15) is 0 Å². The number of hydrogen-bond acceptors (Lipinski definition) is 2. The number of alkyl halides is 1. The lowest BCUT2D eigenvalue weighted by Crippen LogP contribution is -2.18. The van der Waals surface area contributed by atoms with Gasteiger partial charge in [-0.05, 0) is 12.8 Å². The fraction of sp³-hybridized carbons (Fsp3) is 0.625. The van der Waals surface area contributed by atoms with Gasteiger partial charge in [-0.3, -0.25) is 0 Å². The fourth-order valence-electron chi connectivity index (χ4n) is 1.50. The normalized spacial score (nSPS) is 17.2. The second-order valence-corrected chi connectivity index (χ2v) is 3.33. The van der Waals surface area contributed by atoms with Gasteiger partial charge in [-0.1, -0.05) is 0 Å². The highest BCUT2D eigenvalue weighted by atomic mass is 35.5. The first kappa shape index (κ1) is 7.92. The van der Waals surface area contributed by atoms with Crippen molar-refractivity contribution in [1.82, 2.24) is 9.97 Å². The highest BCUT2D eigenvalue weighted by molar-refractivity contribution is 6.16. The van der Waals surface area contributed by atoms with Crippen molar-refractivity contribution in [2.45, 2.75) is 18.7 Å². The van der Waals surface area contributed by atoms with Crippen LogP contribution in [0.2, 0.25) is 0 Å². The van der Waals surface area contributed by atoms with Crippen LogP contribution in [0.25, 0.3) is 0 Å². The maximum Gasteiger partial charge on any atom is 0.202 e. The smallest absolute Gasteiger partial charge is 0.202 e. The lowest BCUT2D eigenvalue weighted by atomic mass is 10.4. The van der Waals surface area contributed by atoms with Gasteiger partial charge in [-0.2, -0.15) is 0 Å². The van der Waals surface area contributed by atoms with Gasteiger partial charge in [0, 0.05) is 13.1 Å². The second kappa shape index (κ2) is 3.35. The van der Waals surface area contributed by atoms with E-state index in [-0.39, 0.29) is 0 Å². The van der Waals surface area contributed by atoms with E-state index in [4.69, 9.17) is 11.6 Å². The molecule has 0 radical (unpaired) electrons. The predicted molar refractivity (Wildman–Crippen MR) is 49.6 cm³/mol. The summed E-state index contributed by atoms with van der Waals surface area (Å²) in [7, 11) is 0. The van der Waals surface area contributed by atoms with E-state index in [0.29, 0.717) is 5.88 Å². The molecule has 2 rings (SSSR count). The molecule has 1 aliphatic heterocycles. The van der Waals surface area contributed by atoms with E-state index < -0.39 is 0 Å². The Bertz CT molecular complexity index is 253. The van der Waals surface area contributed by atoms with Gasteiger partial charge in [0.1, 0.15) is 0 Å². The molecule has 0 spiro atoms. The molecule has 3 nitrogen and oxygen atoms in total. The summed E-state index contributed by atoms with van der Waals surface area (Å²) in [6.45, 7) is 2.24. The Labute approximate surface area is 76.7 Å². The summed E-state index contributed by atoms with van der Waals surface area (Å²) in [6.07, 6.45) is 4.36. The van der Waals surface area contributed by atoms with Crippen LogP contribution in [0, 0.1) is 0 Å². The Hall–Kier alpha value is -0.700. The topological polar surface area (TPSA) is 31.9 Å². The minimum atomic E-state index is 0.515. The third-order valence-corrected chi connectivity index (χ3v) is 2.45. The molecule has 1 saturated heterocycles. The van der Waals surface area contributed by atoms with Crippen molar-refractivity contribution < 1.29 is 0 Å². The summed E-state index contributed by atoms with van der Waals surface area (Å²) in [5.41, 5.74) is 0.999. The summed E-state index contributed by atoms with van der Waals surface area (Å²) >= 11 is 5.66. The van der Waals surface area contributed by atoms with Gasteiger partial charge >= 0.3 is 0 Å². The highest BCUT2D eigenvalue weighted by Crippen LogP contribution is 2.16. The molecule has 12 heavy (non-hydrogen) atoms. The third-order valence-electron chi connectivity index (χ3n) is 2.16. The van der Waals surface area contributed by atoms with Gasteiger partial charge in [0.05, 0.1) is 17.8 Å². The second-order valence-electron chi connectivity index (χ2n) is 3.06. The van der Waals surface area contributed by atoms with Gasteiger partial charge in [0.25, 0.3) is 0 Å². The van der Waals surface area contributed by atoms with Crippen molar-refractivity contribution in [2.24, 2.45) is 0 Å². The lowest BCUT2D eigenvalue weighted by molar-refractivity contribution is 0.915. The maximum absolute atomic E-state index is 5.66. The quantitative estimate of drug-likeness (QED) is 0.712. The standard InChI is InChI=1S/C8H12ClN3/c9-5-7-6-10-8(11-7)12-3-1-2-4-12/h6H,1-5H2,(H,10,11). The monoisotopic (exact) mass is 185 g/mol. The molecule has 0 bridgehead atoms. The summed E-state index contributed by atoms with van der Waals surface area (Å²) in [5, 5.41) is 0. The summed E-state index contributed by atoms with van der Waals surface area (Å²) < 4.78 is 0. The molecule has 0 atom stereocenters. The van der Waals surface area contributed by atoms with Gasteiger partial charge < -0.3 is 9.88 Å². The van der Waals surface area contributed by atoms with Gasteiger partial charge in [-0.15, -0.1) is 11.6 Å². The average Bonchev–Trinajstić information content (AvgIpc) is 2.75. The van der Waals surface area contributed by atoms with Crippen LogP contribution in [-0.4, -0.2) is 23.1 Å². The van der Waals surface area contributed by atoms with Crippen LogP contribution in [0.5, 0.6) is 0 Å². The van der Waals surface area contributed by atoms with Crippen molar-refractivity contribution in [1.29, 1.82) is 0 Å². The third kappa shape index (κ3) is 1.41. The van der Waals surface area contributed by atoms with E-state index >= 15 is 0 Å². The molecular weight excluding hydrogens is 174 g/mol. The zero-order chi connectivity index (χ0) is 8.39. The number of nitrogens with one attached hydrogen (secondary N) is 1. The van der Waals surface area contributed by atoms with Gasteiger partial charge in [0.2, 0.25) is 5.95 Å². The minimum absolute atomic E-state index is 0.515. The summed E-state index contributed by atoms with van der Waals surface area (Å²) in [4.78, 5) is 9.70. The Morgan fingerprint density at radius 3 is 2.83 bits per heavy atom. The molecule has 1 aromatic rings. The van der Waals surface area contributed by atoms with E-state index in [1.807, 2.05) is 0 Å². The van der Waals surface area contributed by atoms with Crippen LogP contribution < -0.4 is 4.90 Å². The Morgan fingerprint density at radius 2 is 2.25 bits per heavy atom. The number of rotatable bonds is 2. The molecule has 1 N–H and O–H groups in total. The summed E-state index contributed by atoms with van der Waals surface area (Å²) in [5.74, 6) is 1.49. The Balaban J connectivity index is 2.11. The first-order valence-corrected chi connectivity index (χ1v) is 4.78. The maximum atomic E-state index is 5.66. The number of nitrogens with zero attached hydrogens (tertiary/aromatic N) is 2. The molecule has 0 aromatic carbocycles. The van der Waals surface area contributed by atoms with Crippen LogP contribution in [-0.2, 0) is 5.88 Å². The number of halogens is 1. The fourth-order valence-corrected chi connectivity index (χ4v) is 1.64. The Morgan fingerprint density at radius 1 is 1.50 bits per heavy atom. The molecule has 0 amide bonds. The largest absolute Gasteiger partial charge is 0.342 e. The molecule has 1 aliphatic rings. The van der Waals surface area contributed by atoms with Crippen LogP contribution in [0.3, 0.4) is 0 Å². The van der Waals surface area contributed by atoms with Crippen molar-refractivity contribution in [2.75, 3.05) is 18.0 Å². The van der Waals surface area contributed by atoms with Crippen molar-refractivity contribution in [3.8, 4) is 0 Å². The number of aromatic amines is 1. The lowest BCUT2D eigenvalue weighted by Gasteiger charge is -2.12. The number of aromatic nitrogens is 2. The van der Waals surface area contributed by atoms with E-state index in [0.717, 1.165) is 24.7 Å². The molecule has 4 heteroatoms. The molecular formula is C8H12ClN3. The van der Waals surface area contributed by atoms with Crippen molar-refractivity contribution in [3.63, 3.8) is 0 Å². The molecule has 0 unspecified atom stereocenters. The van der Waals surface area contributed by atoms with E-state index in [1.165, 1.54) is 12.8 Å². The van der Waals surface area contributed by atoms with Crippen LogP contribution >= 0.6 is 11.6 Å². The van der Waals surface area contributed by atoms with Crippen molar-refractivity contribution in [3.05, 3.63) is 11.9 Å². The average molecular weight is 186 g/mol. The molecule has 66 valence electrons. The molecule has 0 saturated carbocycles. The SMILES string of the molecule is ClCc1cnc(N2CCCC2)[nH]1. The molecule has 0 aliphatic carbocycles. The zero-order valence-electron chi connectivity index (χ0n) is 6.89. The van der Waals surface area contributed by atoms with E-state index in [2.05, 4.69) is 14.9 Å². The number of H-pyrrole nitrogens is 1. The van der Waals surface area contributed by atoms with Crippen LogP contribution in [0.15, 0.2) is 6.20 Å². The Kier molecular flexibility index (Phi) is 2.21. The zero-order valence-corrected chi connectivity index (χ0v) is 7.64. The number of hydrogen-bond donors (Lipinski definition) is 1. The molecule has 2 heterocycles. The van der Waals surface area contributed by atoms with Crippen LogP contribution in [0.1, 0.15) is 18.5 Å².